The van der Waals surface area contributed by atoms with E-state index in [1.807, 2.05) is 39.0 Å². The van der Waals surface area contributed by atoms with Crippen LogP contribution in [-0.2, 0) is 0 Å². The van der Waals surface area contributed by atoms with Gasteiger partial charge in [-0.15, -0.1) is 0 Å². The minimum absolute atomic E-state index is 0.201. The van der Waals surface area contributed by atoms with Crippen LogP contribution in [-0.4, -0.2) is 13.2 Å². The van der Waals surface area contributed by atoms with Gasteiger partial charge in [0.1, 0.15) is 11.5 Å². The van der Waals surface area contributed by atoms with Crippen molar-refractivity contribution >= 4 is 0 Å². The highest BCUT2D eigenvalue weighted by Gasteiger charge is 2.02. The van der Waals surface area contributed by atoms with Crippen LogP contribution >= 0.6 is 0 Å². The Morgan fingerprint density at radius 3 is 2.46 bits per heavy atom. The molecule has 72 valence electrons. The molecule has 0 aliphatic heterocycles. The molecule has 0 aromatic heterocycles. The first kappa shape index (κ1) is 9.90. The Kier molecular flexibility index (Phi) is 3.18. The van der Waals surface area contributed by atoms with Gasteiger partial charge in [-0.1, -0.05) is 6.07 Å². The minimum Gasteiger partial charge on any atom is -0.496 e. The molecule has 0 unspecified atom stereocenters. The highest BCUT2D eigenvalue weighted by molar-refractivity contribution is 5.39. The van der Waals surface area contributed by atoms with Crippen molar-refractivity contribution in [1.29, 1.82) is 0 Å². The topological polar surface area (TPSA) is 18.5 Å². The van der Waals surface area contributed by atoms with E-state index in [1.54, 1.807) is 7.11 Å². The normalized spacial score (nSPS) is 10.2. The van der Waals surface area contributed by atoms with Crippen LogP contribution < -0.4 is 9.47 Å². The highest BCUT2D eigenvalue weighted by atomic mass is 16.5. The van der Waals surface area contributed by atoms with E-state index in [0.717, 1.165) is 17.1 Å². The lowest BCUT2D eigenvalue weighted by molar-refractivity contribution is 0.241. The molecule has 13 heavy (non-hydrogen) atoms. The number of methoxy groups -OCH3 is 1. The Hall–Kier alpha value is -1.18. The largest absolute Gasteiger partial charge is 0.496 e. The molecule has 0 spiro atoms. The molecule has 0 heterocycles. The molecule has 0 saturated heterocycles. The second-order valence-electron chi connectivity index (χ2n) is 3.30. The van der Waals surface area contributed by atoms with E-state index >= 15 is 0 Å². The molecule has 0 aliphatic carbocycles. The molecule has 1 aromatic carbocycles. The molecule has 1 rings (SSSR count). The van der Waals surface area contributed by atoms with Crippen molar-refractivity contribution in [3.8, 4) is 11.5 Å². The summed E-state index contributed by atoms with van der Waals surface area (Å²) in [6.45, 7) is 6.02. The van der Waals surface area contributed by atoms with E-state index in [-0.39, 0.29) is 6.10 Å². The summed E-state index contributed by atoms with van der Waals surface area (Å²) in [7, 11) is 1.67. The second-order valence-corrected chi connectivity index (χ2v) is 3.30. The zero-order valence-electron chi connectivity index (χ0n) is 8.63. The summed E-state index contributed by atoms with van der Waals surface area (Å²) in [4.78, 5) is 0. The first-order chi connectivity index (χ1) is 6.13. The number of rotatable bonds is 3. The number of hydrogen-bond donors (Lipinski definition) is 0. The van der Waals surface area contributed by atoms with Gasteiger partial charge in [0.15, 0.2) is 0 Å². The molecular weight excluding hydrogens is 164 g/mol. The summed E-state index contributed by atoms with van der Waals surface area (Å²) < 4.78 is 10.7. The van der Waals surface area contributed by atoms with Gasteiger partial charge in [-0.2, -0.15) is 0 Å². The summed E-state index contributed by atoms with van der Waals surface area (Å²) in [5.41, 5.74) is 1.12. The van der Waals surface area contributed by atoms with Crippen LogP contribution in [0, 0.1) is 6.92 Å². The van der Waals surface area contributed by atoms with E-state index in [4.69, 9.17) is 9.47 Å². The van der Waals surface area contributed by atoms with Gasteiger partial charge in [-0.25, -0.2) is 0 Å². The fourth-order valence-electron chi connectivity index (χ4n) is 1.15. The Morgan fingerprint density at radius 2 is 1.92 bits per heavy atom. The molecule has 2 heteroatoms. The van der Waals surface area contributed by atoms with Crippen molar-refractivity contribution in [3.05, 3.63) is 23.8 Å². The average molecular weight is 180 g/mol. The van der Waals surface area contributed by atoms with Crippen molar-refractivity contribution in [2.75, 3.05) is 7.11 Å². The van der Waals surface area contributed by atoms with Gasteiger partial charge in [0.2, 0.25) is 0 Å². The monoisotopic (exact) mass is 180 g/mol. The van der Waals surface area contributed by atoms with Gasteiger partial charge in [0.25, 0.3) is 0 Å². The molecule has 0 saturated carbocycles. The van der Waals surface area contributed by atoms with Crippen LogP contribution in [0.15, 0.2) is 18.2 Å². The van der Waals surface area contributed by atoms with Crippen LogP contribution in [0.3, 0.4) is 0 Å². The molecule has 2 nitrogen and oxygen atoms in total. The standard InChI is InChI=1S/C11H16O2/c1-8(2)13-10-6-5-9(3)11(7-10)12-4/h5-8H,1-4H3. The van der Waals surface area contributed by atoms with Gasteiger partial charge >= 0.3 is 0 Å². The zero-order valence-corrected chi connectivity index (χ0v) is 8.63. The maximum atomic E-state index is 5.53. The van der Waals surface area contributed by atoms with E-state index in [9.17, 15) is 0 Å². The van der Waals surface area contributed by atoms with Crippen LogP contribution in [0.5, 0.6) is 11.5 Å². The summed E-state index contributed by atoms with van der Waals surface area (Å²) in [5.74, 6) is 1.73. The van der Waals surface area contributed by atoms with Crippen molar-refractivity contribution in [2.45, 2.75) is 26.9 Å². The van der Waals surface area contributed by atoms with Crippen LogP contribution in [0.25, 0.3) is 0 Å². The smallest absolute Gasteiger partial charge is 0.125 e. The summed E-state index contributed by atoms with van der Waals surface area (Å²) in [6, 6.07) is 5.86. The zero-order chi connectivity index (χ0) is 9.84. The number of aryl methyl sites for hydroxylation is 1. The Bertz CT molecular complexity index is 279. The molecule has 0 radical (unpaired) electrons. The highest BCUT2D eigenvalue weighted by Crippen LogP contribution is 2.24. The van der Waals surface area contributed by atoms with Crippen LogP contribution in [0.4, 0.5) is 0 Å². The predicted octanol–water partition coefficient (Wildman–Crippen LogP) is 2.79. The van der Waals surface area contributed by atoms with E-state index in [2.05, 4.69) is 0 Å². The third-order valence-electron chi connectivity index (χ3n) is 1.75. The maximum Gasteiger partial charge on any atom is 0.125 e. The maximum absolute atomic E-state index is 5.53. The first-order valence-corrected chi connectivity index (χ1v) is 4.44. The molecule has 0 amide bonds. The molecule has 0 aliphatic rings. The molecule has 0 bridgehead atoms. The van der Waals surface area contributed by atoms with Crippen LogP contribution in [0.1, 0.15) is 19.4 Å². The van der Waals surface area contributed by atoms with Gasteiger partial charge in [0.05, 0.1) is 13.2 Å². The predicted molar refractivity (Wildman–Crippen MR) is 53.5 cm³/mol. The summed E-state index contributed by atoms with van der Waals surface area (Å²) in [5, 5.41) is 0. The fourth-order valence-corrected chi connectivity index (χ4v) is 1.15. The third kappa shape index (κ3) is 2.65. The summed E-state index contributed by atoms with van der Waals surface area (Å²) in [6.07, 6.45) is 0.201. The van der Waals surface area contributed by atoms with Gasteiger partial charge < -0.3 is 9.47 Å². The van der Waals surface area contributed by atoms with Crippen molar-refractivity contribution in [1.82, 2.24) is 0 Å². The average Bonchev–Trinajstić information content (AvgIpc) is 2.07. The number of hydrogen-bond acceptors (Lipinski definition) is 2. The molecular formula is C11H16O2. The van der Waals surface area contributed by atoms with Crippen molar-refractivity contribution in [2.24, 2.45) is 0 Å². The fraction of sp³-hybridized carbons (Fsp3) is 0.455. The van der Waals surface area contributed by atoms with Crippen molar-refractivity contribution in [3.63, 3.8) is 0 Å². The molecule has 0 N–H and O–H groups in total. The van der Waals surface area contributed by atoms with Crippen molar-refractivity contribution < 1.29 is 9.47 Å². The number of benzene rings is 1. The molecule has 0 atom stereocenters. The van der Waals surface area contributed by atoms with E-state index in [1.165, 1.54) is 0 Å². The van der Waals surface area contributed by atoms with E-state index in [0.29, 0.717) is 0 Å². The van der Waals surface area contributed by atoms with Gasteiger partial charge in [0, 0.05) is 6.07 Å². The lowest BCUT2D eigenvalue weighted by Crippen LogP contribution is -2.05. The third-order valence-corrected chi connectivity index (χ3v) is 1.75. The van der Waals surface area contributed by atoms with Gasteiger partial charge in [-0.05, 0) is 32.4 Å². The SMILES string of the molecule is COc1cc(OC(C)C)ccc1C. The van der Waals surface area contributed by atoms with Crippen LogP contribution in [0.2, 0.25) is 0 Å². The van der Waals surface area contributed by atoms with Gasteiger partial charge in [-0.3, -0.25) is 0 Å². The first-order valence-electron chi connectivity index (χ1n) is 4.44. The lowest BCUT2D eigenvalue weighted by atomic mass is 10.2. The summed E-state index contributed by atoms with van der Waals surface area (Å²) >= 11 is 0. The quantitative estimate of drug-likeness (QED) is 0.712. The Labute approximate surface area is 79.5 Å². The van der Waals surface area contributed by atoms with E-state index < -0.39 is 0 Å². The Balaban J connectivity index is 2.86. The second kappa shape index (κ2) is 4.17. The minimum atomic E-state index is 0.201. The molecule has 0 fully saturated rings. The number of ether oxygens (including phenoxy) is 2. The Morgan fingerprint density at radius 1 is 1.23 bits per heavy atom. The molecule has 1 aromatic rings. The lowest BCUT2D eigenvalue weighted by Gasteiger charge is -2.11.